The van der Waals surface area contributed by atoms with Crippen LogP contribution in [0.5, 0.6) is 5.75 Å². The van der Waals surface area contributed by atoms with Crippen molar-refractivity contribution in [3.8, 4) is 5.75 Å². The number of ether oxygens (including phenoxy) is 1. The molecule has 0 saturated carbocycles. The van der Waals surface area contributed by atoms with Crippen molar-refractivity contribution in [3.05, 3.63) is 65.2 Å². The van der Waals surface area contributed by atoms with Crippen LogP contribution < -0.4 is 10.1 Å². The lowest BCUT2D eigenvalue weighted by molar-refractivity contribution is -0.121. The van der Waals surface area contributed by atoms with Gasteiger partial charge in [0.25, 0.3) is 0 Å². The maximum Gasteiger partial charge on any atom is 0.335 e. The molecular weight excluding hydrogens is 318 g/mol. The standard InChI is InChI=1S/C20H23NO4/c1-15-5-2-8-18(13-15)25-12-4-9-19(22)21-11-10-16-6-3-7-17(14-16)20(23)24/h2-3,5-8,13-14H,4,9-12H2,1H3,(H,21,22)(H,23,24). The number of carbonyl (C=O) groups excluding carboxylic acids is 1. The topological polar surface area (TPSA) is 75.6 Å². The molecule has 132 valence electrons. The zero-order valence-electron chi connectivity index (χ0n) is 14.3. The fourth-order valence-corrected chi connectivity index (χ4v) is 2.42. The molecule has 0 unspecified atom stereocenters. The zero-order valence-corrected chi connectivity index (χ0v) is 14.3. The third-order valence-corrected chi connectivity index (χ3v) is 3.72. The molecule has 0 heterocycles. The van der Waals surface area contributed by atoms with Gasteiger partial charge in [-0.1, -0.05) is 24.3 Å². The van der Waals surface area contributed by atoms with Crippen LogP contribution in [-0.2, 0) is 11.2 Å². The summed E-state index contributed by atoms with van der Waals surface area (Å²) in [7, 11) is 0. The lowest BCUT2D eigenvalue weighted by Crippen LogP contribution is -2.25. The third-order valence-electron chi connectivity index (χ3n) is 3.72. The fourth-order valence-electron chi connectivity index (χ4n) is 2.42. The van der Waals surface area contributed by atoms with E-state index in [1.54, 1.807) is 18.2 Å². The van der Waals surface area contributed by atoms with Crippen LogP contribution in [0.2, 0.25) is 0 Å². The Labute approximate surface area is 147 Å². The first kappa shape index (κ1) is 18.5. The molecule has 0 spiro atoms. The highest BCUT2D eigenvalue weighted by Gasteiger charge is 2.05. The first-order valence-corrected chi connectivity index (χ1v) is 8.33. The van der Waals surface area contributed by atoms with E-state index in [0.717, 1.165) is 16.9 Å². The van der Waals surface area contributed by atoms with E-state index in [0.29, 0.717) is 32.4 Å². The lowest BCUT2D eigenvalue weighted by atomic mass is 10.1. The van der Waals surface area contributed by atoms with Crippen LogP contribution in [0.1, 0.15) is 34.3 Å². The van der Waals surface area contributed by atoms with E-state index in [2.05, 4.69) is 5.32 Å². The summed E-state index contributed by atoms with van der Waals surface area (Å²) in [5.74, 6) is -0.152. The van der Waals surface area contributed by atoms with Crippen LogP contribution in [0.15, 0.2) is 48.5 Å². The first-order valence-electron chi connectivity index (χ1n) is 8.33. The van der Waals surface area contributed by atoms with Gasteiger partial charge in [0.15, 0.2) is 0 Å². The number of hydrogen-bond donors (Lipinski definition) is 2. The van der Waals surface area contributed by atoms with Crippen molar-refractivity contribution in [1.82, 2.24) is 5.32 Å². The second kappa shape index (κ2) is 9.47. The second-order valence-electron chi connectivity index (χ2n) is 5.87. The minimum Gasteiger partial charge on any atom is -0.494 e. The number of benzene rings is 2. The Morgan fingerprint density at radius 1 is 1.12 bits per heavy atom. The molecule has 0 aliphatic heterocycles. The van der Waals surface area contributed by atoms with E-state index in [1.807, 2.05) is 37.3 Å². The normalized spacial score (nSPS) is 10.3. The van der Waals surface area contributed by atoms with Gasteiger partial charge < -0.3 is 15.2 Å². The van der Waals surface area contributed by atoms with Crippen molar-refractivity contribution in [2.45, 2.75) is 26.2 Å². The Bertz CT molecular complexity index is 727. The highest BCUT2D eigenvalue weighted by atomic mass is 16.5. The molecule has 0 bridgehead atoms. The molecule has 0 aliphatic carbocycles. The summed E-state index contributed by atoms with van der Waals surface area (Å²) < 4.78 is 5.61. The molecule has 0 aromatic heterocycles. The molecule has 2 aromatic carbocycles. The van der Waals surface area contributed by atoms with Crippen LogP contribution in [-0.4, -0.2) is 30.1 Å². The average Bonchev–Trinajstić information content (AvgIpc) is 2.59. The number of carboxylic acids is 1. The van der Waals surface area contributed by atoms with Gasteiger partial charge in [-0.15, -0.1) is 0 Å². The third kappa shape index (κ3) is 6.67. The number of rotatable bonds is 9. The molecule has 25 heavy (non-hydrogen) atoms. The molecule has 0 aliphatic rings. The Kier molecular flexibility index (Phi) is 7.01. The molecule has 0 saturated heterocycles. The molecule has 2 rings (SSSR count). The molecule has 5 nitrogen and oxygen atoms in total. The average molecular weight is 341 g/mol. The molecular formula is C20H23NO4. The van der Waals surface area contributed by atoms with E-state index in [4.69, 9.17) is 9.84 Å². The van der Waals surface area contributed by atoms with Crippen LogP contribution in [0, 0.1) is 6.92 Å². The predicted molar refractivity (Wildman–Crippen MR) is 96.0 cm³/mol. The molecule has 0 radical (unpaired) electrons. The molecule has 0 atom stereocenters. The van der Waals surface area contributed by atoms with E-state index in [9.17, 15) is 9.59 Å². The van der Waals surface area contributed by atoms with Crippen molar-refractivity contribution in [2.75, 3.05) is 13.2 Å². The summed E-state index contributed by atoms with van der Waals surface area (Å²) in [6.45, 7) is 2.99. The largest absolute Gasteiger partial charge is 0.494 e. The summed E-state index contributed by atoms with van der Waals surface area (Å²) in [4.78, 5) is 22.7. The van der Waals surface area contributed by atoms with E-state index >= 15 is 0 Å². The van der Waals surface area contributed by atoms with Gasteiger partial charge in [-0.2, -0.15) is 0 Å². The van der Waals surface area contributed by atoms with Crippen molar-refractivity contribution in [2.24, 2.45) is 0 Å². The minimum absolute atomic E-state index is 0.0257. The van der Waals surface area contributed by atoms with Gasteiger partial charge in [0.1, 0.15) is 5.75 Å². The Balaban J connectivity index is 1.62. The number of carbonyl (C=O) groups is 2. The highest BCUT2D eigenvalue weighted by Crippen LogP contribution is 2.12. The second-order valence-corrected chi connectivity index (χ2v) is 5.87. The number of aryl methyl sites for hydroxylation is 1. The predicted octanol–water partition coefficient (Wildman–Crippen LogP) is 3.21. The maximum absolute atomic E-state index is 11.8. The Hall–Kier alpha value is -2.82. The van der Waals surface area contributed by atoms with Gasteiger partial charge >= 0.3 is 5.97 Å². The van der Waals surface area contributed by atoms with Crippen LogP contribution >= 0.6 is 0 Å². The fraction of sp³-hybridized carbons (Fsp3) is 0.300. The number of carboxylic acid groups (broad SMARTS) is 1. The van der Waals surface area contributed by atoms with Crippen molar-refractivity contribution >= 4 is 11.9 Å². The number of amides is 1. The maximum atomic E-state index is 11.8. The number of aromatic carboxylic acids is 1. The van der Waals surface area contributed by atoms with Crippen LogP contribution in [0.25, 0.3) is 0 Å². The minimum atomic E-state index is -0.945. The molecule has 5 heteroatoms. The Morgan fingerprint density at radius 2 is 1.92 bits per heavy atom. The van der Waals surface area contributed by atoms with E-state index < -0.39 is 5.97 Å². The quantitative estimate of drug-likeness (QED) is 0.687. The Morgan fingerprint density at radius 3 is 2.68 bits per heavy atom. The monoisotopic (exact) mass is 341 g/mol. The lowest BCUT2D eigenvalue weighted by Gasteiger charge is -2.08. The van der Waals surface area contributed by atoms with Gasteiger partial charge in [-0.25, -0.2) is 4.79 Å². The van der Waals surface area contributed by atoms with Gasteiger partial charge in [0.2, 0.25) is 5.91 Å². The van der Waals surface area contributed by atoms with Crippen LogP contribution in [0.3, 0.4) is 0 Å². The number of nitrogens with one attached hydrogen (secondary N) is 1. The summed E-state index contributed by atoms with van der Waals surface area (Å²) in [6, 6.07) is 14.6. The van der Waals surface area contributed by atoms with Gasteiger partial charge in [-0.3, -0.25) is 4.79 Å². The van der Waals surface area contributed by atoms with Crippen molar-refractivity contribution in [3.63, 3.8) is 0 Å². The smallest absolute Gasteiger partial charge is 0.335 e. The highest BCUT2D eigenvalue weighted by molar-refractivity contribution is 5.87. The van der Waals surface area contributed by atoms with E-state index in [1.165, 1.54) is 0 Å². The molecule has 2 N–H and O–H groups in total. The van der Waals surface area contributed by atoms with E-state index in [-0.39, 0.29) is 11.5 Å². The van der Waals surface area contributed by atoms with Gasteiger partial charge in [0.05, 0.1) is 12.2 Å². The van der Waals surface area contributed by atoms with Crippen LogP contribution in [0.4, 0.5) is 0 Å². The molecule has 0 fully saturated rings. The van der Waals surface area contributed by atoms with Gasteiger partial charge in [-0.05, 0) is 55.2 Å². The number of hydrogen-bond acceptors (Lipinski definition) is 3. The zero-order chi connectivity index (χ0) is 18.1. The SMILES string of the molecule is Cc1cccc(OCCCC(=O)NCCc2cccc(C(=O)O)c2)c1. The summed E-state index contributed by atoms with van der Waals surface area (Å²) >= 11 is 0. The molecule has 1 amide bonds. The van der Waals surface area contributed by atoms with Crippen molar-refractivity contribution in [1.29, 1.82) is 0 Å². The summed E-state index contributed by atoms with van der Waals surface area (Å²) in [5.41, 5.74) is 2.29. The molecule has 2 aromatic rings. The van der Waals surface area contributed by atoms with Gasteiger partial charge in [0, 0.05) is 13.0 Å². The summed E-state index contributed by atoms with van der Waals surface area (Å²) in [5, 5.41) is 11.8. The van der Waals surface area contributed by atoms with Crippen molar-refractivity contribution < 1.29 is 19.4 Å². The summed E-state index contributed by atoms with van der Waals surface area (Å²) in [6.07, 6.45) is 1.65. The first-order chi connectivity index (χ1) is 12.0.